The lowest BCUT2D eigenvalue weighted by atomic mass is 10.0. The number of aliphatic hydroxyl groups excluding tert-OH is 1. The quantitative estimate of drug-likeness (QED) is 0.814. The third-order valence-corrected chi connectivity index (χ3v) is 2.84. The second-order valence-corrected chi connectivity index (χ2v) is 3.99. The number of benzene rings is 1. The Morgan fingerprint density at radius 2 is 2.18 bits per heavy atom. The Hall–Kier alpha value is -1.26. The Balaban J connectivity index is 2.28. The molecule has 17 heavy (non-hydrogen) atoms. The molecule has 0 radical (unpaired) electrons. The summed E-state index contributed by atoms with van der Waals surface area (Å²) < 4.78 is 11.2. The summed E-state index contributed by atoms with van der Waals surface area (Å²) in [6.45, 7) is 4.25. The minimum Gasteiger partial charge on any atom is -0.486 e. The summed E-state index contributed by atoms with van der Waals surface area (Å²) in [6.07, 6.45) is 0.674. The van der Waals surface area contributed by atoms with Crippen molar-refractivity contribution in [1.82, 2.24) is 5.32 Å². The van der Waals surface area contributed by atoms with Gasteiger partial charge in [-0.2, -0.15) is 0 Å². The molecule has 1 unspecified atom stereocenters. The molecule has 0 saturated heterocycles. The average Bonchev–Trinajstić information content (AvgIpc) is 2.38. The molecule has 4 nitrogen and oxygen atoms in total. The van der Waals surface area contributed by atoms with Crippen LogP contribution in [0.25, 0.3) is 0 Å². The van der Waals surface area contributed by atoms with Crippen LogP contribution in [0.4, 0.5) is 0 Å². The van der Waals surface area contributed by atoms with Crippen molar-refractivity contribution >= 4 is 0 Å². The van der Waals surface area contributed by atoms with Gasteiger partial charge in [0, 0.05) is 18.2 Å². The zero-order chi connectivity index (χ0) is 12.1. The summed E-state index contributed by atoms with van der Waals surface area (Å²) in [5, 5.41) is 12.5. The van der Waals surface area contributed by atoms with Crippen LogP contribution in [0.2, 0.25) is 0 Å². The van der Waals surface area contributed by atoms with E-state index in [0.717, 1.165) is 23.6 Å². The van der Waals surface area contributed by atoms with Gasteiger partial charge in [0.15, 0.2) is 11.5 Å². The Morgan fingerprint density at radius 1 is 1.35 bits per heavy atom. The van der Waals surface area contributed by atoms with Gasteiger partial charge in [-0.25, -0.2) is 0 Å². The summed E-state index contributed by atoms with van der Waals surface area (Å²) in [5.74, 6) is 1.62. The molecule has 0 saturated carbocycles. The molecule has 0 aliphatic carbocycles. The molecular formula is C13H19NO3. The van der Waals surface area contributed by atoms with E-state index in [1.165, 1.54) is 0 Å². The van der Waals surface area contributed by atoms with Crippen LogP contribution in [0.15, 0.2) is 18.2 Å². The first-order valence-corrected chi connectivity index (χ1v) is 6.09. The maximum absolute atomic E-state index is 9.12. The van der Waals surface area contributed by atoms with Gasteiger partial charge >= 0.3 is 0 Å². The number of rotatable bonds is 5. The fraction of sp³-hybridized carbons (Fsp3) is 0.538. The fourth-order valence-corrected chi connectivity index (χ4v) is 2.11. The van der Waals surface area contributed by atoms with E-state index in [9.17, 15) is 0 Å². The van der Waals surface area contributed by atoms with E-state index in [1.54, 1.807) is 0 Å². The van der Waals surface area contributed by atoms with Gasteiger partial charge in [0.1, 0.15) is 13.2 Å². The summed E-state index contributed by atoms with van der Waals surface area (Å²) in [5.41, 5.74) is 1.07. The van der Waals surface area contributed by atoms with Crippen LogP contribution in [0.5, 0.6) is 11.5 Å². The maximum Gasteiger partial charge on any atom is 0.166 e. The molecule has 0 fully saturated rings. The molecule has 0 aromatic heterocycles. The fourth-order valence-electron chi connectivity index (χ4n) is 2.11. The van der Waals surface area contributed by atoms with Gasteiger partial charge in [0.05, 0.1) is 0 Å². The van der Waals surface area contributed by atoms with Crippen LogP contribution < -0.4 is 14.8 Å². The number of hydrogen-bond donors (Lipinski definition) is 2. The minimum atomic E-state index is 0.113. The van der Waals surface area contributed by atoms with E-state index in [4.69, 9.17) is 14.6 Å². The van der Waals surface area contributed by atoms with Gasteiger partial charge in [-0.15, -0.1) is 0 Å². The highest BCUT2D eigenvalue weighted by Gasteiger charge is 2.20. The third kappa shape index (κ3) is 2.70. The van der Waals surface area contributed by atoms with Gasteiger partial charge in [-0.3, -0.25) is 0 Å². The van der Waals surface area contributed by atoms with Crippen molar-refractivity contribution in [2.24, 2.45) is 0 Å². The van der Waals surface area contributed by atoms with Crippen molar-refractivity contribution < 1.29 is 14.6 Å². The minimum absolute atomic E-state index is 0.113. The molecule has 0 spiro atoms. The van der Waals surface area contributed by atoms with Crippen molar-refractivity contribution in [3.05, 3.63) is 23.8 Å². The van der Waals surface area contributed by atoms with Gasteiger partial charge < -0.3 is 19.9 Å². The molecule has 1 aromatic rings. The van der Waals surface area contributed by atoms with Crippen LogP contribution in [-0.4, -0.2) is 31.5 Å². The van der Waals surface area contributed by atoms with E-state index < -0.39 is 0 Å². The maximum atomic E-state index is 9.12. The van der Waals surface area contributed by atoms with Gasteiger partial charge in [0.2, 0.25) is 0 Å². The Kier molecular flexibility index (Phi) is 4.23. The van der Waals surface area contributed by atoms with Crippen molar-refractivity contribution in [3.63, 3.8) is 0 Å². The lowest BCUT2D eigenvalue weighted by Crippen LogP contribution is -2.24. The van der Waals surface area contributed by atoms with Crippen molar-refractivity contribution in [2.45, 2.75) is 19.4 Å². The average molecular weight is 237 g/mol. The molecule has 1 aromatic carbocycles. The van der Waals surface area contributed by atoms with Crippen LogP contribution >= 0.6 is 0 Å². The van der Waals surface area contributed by atoms with Crippen molar-refractivity contribution in [3.8, 4) is 11.5 Å². The van der Waals surface area contributed by atoms with Crippen molar-refractivity contribution in [2.75, 3.05) is 26.4 Å². The molecule has 0 bridgehead atoms. The summed E-state index contributed by atoms with van der Waals surface area (Å²) >= 11 is 0. The van der Waals surface area contributed by atoms with Gasteiger partial charge in [-0.1, -0.05) is 19.1 Å². The number of aliphatic hydroxyl groups is 1. The second-order valence-electron chi connectivity index (χ2n) is 3.99. The molecule has 2 rings (SSSR count). The van der Waals surface area contributed by atoms with Crippen LogP contribution in [0, 0.1) is 0 Å². The Labute approximate surface area is 102 Å². The highest BCUT2D eigenvalue weighted by molar-refractivity contribution is 5.48. The van der Waals surface area contributed by atoms with E-state index in [-0.39, 0.29) is 12.6 Å². The normalized spacial score (nSPS) is 15.6. The van der Waals surface area contributed by atoms with E-state index in [0.29, 0.717) is 19.6 Å². The molecule has 2 N–H and O–H groups in total. The highest BCUT2D eigenvalue weighted by atomic mass is 16.6. The van der Waals surface area contributed by atoms with Crippen LogP contribution in [-0.2, 0) is 0 Å². The molecule has 1 aliphatic heterocycles. The first-order valence-electron chi connectivity index (χ1n) is 6.09. The zero-order valence-corrected chi connectivity index (χ0v) is 10.1. The van der Waals surface area contributed by atoms with Crippen LogP contribution in [0.1, 0.15) is 24.9 Å². The van der Waals surface area contributed by atoms with Crippen LogP contribution in [0.3, 0.4) is 0 Å². The number of fused-ring (bicyclic) bond motifs is 1. The Morgan fingerprint density at radius 3 is 2.94 bits per heavy atom. The van der Waals surface area contributed by atoms with Crippen molar-refractivity contribution in [1.29, 1.82) is 0 Å². The lowest BCUT2D eigenvalue weighted by molar-refractivity contribution is 0.167. The predicted molar refractivity (Wildman–Crippen MR) is 65.6 cm³/mol. The largest absolute Gasteiger partial charge is 0.486 e. The van der Waals surface area contributed by atoms with Gasteiger partial charge in [-0.05, 0) is 19.0 Å². The smallest absolute Gasteiger partial charge is 0.166 e. The SMILES string of the molecule is CCNC(CCO)c1cccc2c1OCCO2. The molecule has 1 atom stereocenters. The number of para-hydroxylation sites is 1. The van der Waals surface area contributed by atoms with Gasteiger partial charge in [0.25, 0.3) is 0 Å². The third-order valence-electron chi connectivity index (χ3n) is 2.84. The molecule has 4 heteroatoms. The zero-order valence-electron chi connectivity index (χ0n) is 10.1. The summed E-state index contributed by atoms with van der Waals surface area (Å²) in [7, 11) is 0. The first kappa shape index (κ1) is 12.2. The standard InChI is InChI=1S/C13H19NO3/c1-2-14-11(6-7-15)10-4-3-5-12-13(10)17-9-8-16-12/h3-5,11,14-15H,2,6-9H2,1H3. The summed E-state index contributed by atoms with van der Waals surface area (Å²) in [4.78, 5) is 0. The Bertz CT molecular complexity index is 362. The van der Waals surface area contributed by atoms with E-state index in [2.05, 4.69) is 12.2 Å². The monoisotopic (exact) mass is 237 g/mol. The van der Waals surface area contributed by atoms with E-state index >= 15 is 0 Å². The number of hydrogen-bond acceptors (Lipinski definition) is 4. The number of nitrogens with one attached hydrogen (secondary N) is 1. The first-order chi connectivity index (χ1) is 8.36. The second kappa shape index (κ2) is 5.89. The molecule has 1 heterocycles. The molecule has 1 aliphatic rings. The highest BCUT2D eigenvalue weighted by Crippen LogP contribution is 2.37. The molecule has 94 valence electrons. The lowest BCUT2D eigenvalue weighted by Gasteiger charge is -2.25. The predicted octanol–water partition coefficient (Wildman–Crippen LogP) is 1.49. The molecular weight excluding hydrogens is 218 g/mol. The molecule has 0 amide bonds. The number of ether oxygens (including phenoxy) is 2. The topological polar surface area (TPSA) is 50.7 Å². The summed E-state index contributed by atoms with van der Waals surface area (Å²) in [6, 6.07) is 6.02. The van der Waals surface area contributed by atoms with E-state index in [1.807, 2.05) is 18.2 Å².